The highest BCUT2D eigenvalue weighted by Crippen LogP contribution is 2.21. The number of likely N-dealkylation sites (tertiary alicyclic amines) is 1. The van der Waals surface area contributed by atoms with Gasteiger partial charge in [-0.1, -0.05) is 0 Å². The fourth-order valence-corrected chi connectivity index (χ4v) is 3.12. The number of piperidine rings is 1. The number of ether oxygens (including phenoxy) is 1. The number of rotatable bonds is 5. The molecule has 6 heteroatoms. The summed E-state index contributed by atoms with van der Waals surface area (Å²) in [6.07, 6.45) is 5.61. The molecular formula is C19H26N4O2. The van der Waals surface area contributed by atoms with Crippen molar-refractivity contribution < 1.29 is 4.74 Å². The molecule has 0 atom stereocenters. The Morgan fingerprint density at radius 1 is 1.24 bits per heavy atom. The van der Waals surface area contributed by atoms with Crippen LogP contribution >= 0.6 is 0 Å². The molecule has 2 aromatic rings. The predicted molar refractivity (Wildman–Crippen MR) is 96.7 cm³/mol. The first-order valence-corrected chi connectivity index (χ1v) is 8.82. The number of aryl methyl sites for hydroxylation is 2. The van der Waals surface area contributed by atoms with Crippen molar-refractivity contribution in [1.82, 2.24) is 19.4 Å². The van der Waals surface area contributed by atoms with E-state index in [-0.39, 0.29) is 5.56 Å². The third-order valence-electron chi connectivity index (χ3n) is 5.03. The molecule has 0 bridgehead atoms. The van der Waals surface area contributed by atoms with Crippen LogP contribution in [0.25, 0.3) is 0 Å². The molecule has 0 saturated carbocycles. The smallest absolute Gasteiger partial charge is 0.250 e. The van der Waals surface area contributed by atoms with Gasteiger partial charge in [0.15, 0.2) is 0 Å². The van der Waals surface area contributed by atoms with Crippen LogP contribution in [-0.2, 0) is 13.6 Å². The third kappa shape index (κ3) is 4.45. The SMILES string of the molecule is Cc1ncnc(OCC2CCN(Cc3ccn(C)c(=O)c3)CC2)c1C. The summed E-state index contributed by atoms with van der Waals surface area (Å²) in [7, 11) is 1.78. The quantitative estimate of drug-likeness (QED) is 0.833. The number of pyridine rings is 1. The minimum atomic E-state index is 0.0521. The summed E-state index contributed by atoms with van der Waals surface area (Å²) in [5.74, 6) is 1.25. The fraction of sp³-hybridized carbons (Fsp3) is 0.526. The van der Waals surface area contributed by atoms with Crippen LogP contribution in [0.2, 0.25) is 0 Å². The van der Waals surface area contributed by atoms with Gasteiger partial charge in [0.25, 0.3) is 5.56 Å². The van der Waals surface area contributed by atoms with Gasteiger partial charge in [-0.05, 0) is 57.3 Å². The van der Waals surface area contributed by atoms with E-state index in [4.69, 9.17) is 4.74 Å². The zero-order chi connectivity index (χ0) is 17.8. The Kier molecular flexibility index (Phi) is 5.48. The largest absolute Gasteiger partial charge is 0.477 e. The van der Waals surface area contributed by atoms with Crippen LogP contribution in [-0.4, -0.2) is 39.1 Å². The van der Waals surface area contributed by atoms with E-state index >= 15 is 0 Å². The van der Waals surface area contributed by atoms with E-state index in [1.165, 1.54) is 0 Å². The summed E-state index contributed by atoms with van der Waals surface area (Å²) in [4.78, 5) is 22.5. The molecule has 0 unspecified atom stereocenters. The summed E-state index contributed by atoms with van der Waals surface area (Å²) in [6.45, 7) is 7.58. The molecule has 0 aromatic carbocycles. The summed E-state index contributed by atoms with van der Waals surface area (Å²) < 4.78 is 7.53. The Hall–Kier alpha value is -2.21. The fourth-order valence-electron chi connectivity index (χ4n) is 3.12. The second-order valence-electron chi connectivity index (χ2n) is 6.90. The minimum Gasteiger partial charge on any atom is -0.477 e. The topological polar surface area (TPSA) is 60.3 Å². The van der Waals surface area contributed by atoms with Gasteiger partial charge in [-0.2, -0.15) is 0 Å². The lowest BCUT2D eigenvalue weighted by atomic mass is 9.97. The van der Waals surface area contributed by atoms with E-state index < -0.39 is 0 Å². The summed E-state index contributed by atoms with van der Waals surface area (Å²) >= 11 is 0. The van der Waals surface area contributed by atoms with Crippen molar-refractivity contribution >= 4 is 0 Å². The normalized spacial score (nSPS) is 16.1. The van der Waals surface area contributed by atoms with Crippen molar-refractivity contribution in [3.05, 3.63) is 51.8 Å². The molecule has 1 aliphatic rings. The van der Waals surface area contributed by atoms with Crippen LogP contribution in [0.15, 0.2) is 29.5 Å². The Labute approximate surface area is 148 Å². The average Bonchev–Trinajstić information content (AvgIpc) is 2.61. The van der Waals surface area contributed by atoms with Crippen molar-refractivity contribution in [3.8, 4) is 5.88 Å². The van der Waals surface area contributed by atoms with E-state index in [0.717, 1.165) is 49.3 Å². The van der Waals surface area contributed by atoms with Gasteiger partial charge in [0.1, 0.15) is 6.33 Å². The van der Waals surface area contributed by atoms with E-state index in [2.05, 4.69) is 14.9 Å². The molecule has 2 aromatic heterocycles. The number of nitrogens with zero attached hydrogens (tertiary/aromatic N) is 4. The minimum absolute atomic E-state index is 0.0521. The number of hydrogen-bond acceptors (Lipinski definition) is 5. The van der Waals surface area contributed by atoms with Gasteiger partial charge in [0.05, 0.1) is 6.61 Å². The zero-order valence-electron chi connectivity index (χ0n) is 15.2. The highest BCUT2D eigenvalue weighted by molar-refractivity contribution is 5.26. The van der Waals surface area contributed by atoms with Gasteiger partial charge in [-0.15, -0.1) is 0 Å². The summed E-state index contributed by atoms with van der Waals surface area (Å²) in [5, 5.41) is 0. The van der Waals surface area contributed by atoms with Gasteiger partial charge in [-0.25, -0.2) is 9.97 Å². The lowest BCUT2D eigenvalue weighted by Crippen LogP contribution is -2.35. The van der Waals surface area contributed by atoms with Crippen molar-refractivity contribution in [3.63, 3.8) is 0 Å². The van der Waals surface area contributed by atoms with Crippen LogP contribution in [0.1, 0.15) is 29.7 Å². The Morgan fingerprint density at radius 3 is 2.72 bits per heavy atom. The first kappa shape index (κ1) is 17.6. The first-order chi connectivity index (χ1) is 12.0. The second kappa shape index (κ2) is 7.78. The molecule has 1 saturated heterocycles. The molecule has 0 N–H and O–H groups in total. The van der Waals surface area contributed by atoms with Gasteiger partial charge in [0, 0.05) is 37.1 Å². The summed E-state index contributed by atoms with van der Waals surface area (Å²) in [5.41, 5.74) is 3.13. The third-order valence-corrected chi connectivity index (χ3v) is 5.03. The highest BCUT2D eigenvalue weighted by Gasteiger charge is 2.20. The Balaban J connectivity index is 1.47. The predicted octanol–water partition coefficient (Wildman–Crippen LogP) is 2.08. The Bertz CT molecular complexity index is 779. The molecule has 0 amide bonds. The molecule has 134 valence electrons. The number of hydrogen-bond donors (Lipinski definition) is 0. The van der Waals surface area contributed by atoms with Crippen LogP contribution in [0.5, 0.6) is 5.88 Å². The molecule has 0 spiro atoms. The second-order valence-corrected chi connectivity index (χ2v) is 6.90. The molecule has 0 aliphatic carbocycles. The Morgan fingerprint density at radius 2 is 2.00 bits per heavy atom. The van der Waals surface area contributed by atoms with E-state index in [1.807, 2.05) is 26.1 Å². The maximum atomic E-state index is 11.7. The molecule has 3 heterocycles. The molecule has 6 nitrogen and oxygen atoms in total. The molecular weight excluding hydrogens is 316 g/mol. The van der Waals surface area contributed by atoms with Crippen LogP contribution in [0, 0.1) is 19.8 Å². The van der Waals surface area contributed by atoms with Gasteiger partial charge in [-0.3, -0.25) is 9.69 Å². The monoisotopic (exact) mass is 342 g/mol. The van der Waals surface area contributed by atoms with Crippen molar-refractivity contribution in [1.29, 1.82) is 0 Å². The maximum Gasteiger partial charge on any atom is 0.250 e. The summed E-state index contributed by atoms with van der Waals surface area (Å²) in [6, 6.07) is 3.76. The van der Waals surface area contributed by atoms with Gasteiger partial charge >= 0.3 is 0 Å². The van der Waals surface area contributed by atoms with Crippen LogP contribution < -0.4 is 10.3 Å². The first-order valence-electron chi connectivity index (χ1n) is 8.82. The number of aromatic nitrogens is 3. The van der Waals surface area contributed by atoms with E-state index in [9.17, 15) is 4.79 Å². The van der Waals surface area contributed by atoms with Crippen molar-refractivity contribution in [2.45, 2.75) is 33.2 Å². The standard InChI is InChI=1S/C19H26N4O2/c1-14-15(2)20-13-21-19(14)25-12-16-5-8-23(9-6-16)11-17-4-7-22(3)18(24)10-17/h4,7,10,13,16H,5-6,8-9,11-12H2,1-3H3. The molecule has 0 radical (unpaired) electrons. The molecule has 3 rings (SSSR count). The van der Waals surface area contributed by atoms with Crippen LogP contribution in [0.3, 0.4) is 0 Å². The van der Waals surface area contributed by atoms with E-state index in [1.54, 1.807) is 24.0 Å². The molecule has 1 aliphatic heterocycles. The van der Waals surface area contributed by atoms with Crippen LogP contribution in [0.4, 0.5) is 0 Å². The zero-order valence-corrected chi connectivity index (χ0v) is 15.2. The van der Waals surface area contributed by atoms with Crippen molar-refractivity contribution in [2.24, 2.45) is 13.0 Å². The average molecular weight is 342 g/mol. The lowest BCUT2D eigenvalue weighted by molar-refractivity contribution is 0.134. The lowest BCUT2D eigenvalue weighted by Gasteiger charge is -2.31. The molecule has 25 heavy (non-hydrogen) atoms. The van der Waals surface area contributed by atoms with Gasteiger partial charge in [0.2, 0.25) is 5.88 Å². The molecule has 1 fully saturated rings. The maximum absolute atomic E-state index is 11.7. The van der Waals surface area contributed by atoms with E-state index in [0.29, 0.717) is 18.4 Å². The highest BCUT2D eigenvalue weighted by atomic mass is 16.5. The van der Waals surface area contributed by atoms with Crippen molar-refractivity contribution in [2.75, 3.05) is 19.7 Å². The van der Waals surface area contributed by atoms with Gasteiger partial charge < -0.3 is 9.30 Å².